The predicted octanol–water partition coefficient (Wildman–Crippen LogP) is 2.47. The van der Waals surface area contributed by atoms with Crippen LogP contribution in [0.3, 0.4) is 0 Å². The van der Waals surface area contributed by atoms with Crippen LogP contribution in [0.5, 0.6) is 0 Å². The van der Waals surface area contributed by atoms with Crippen molar-refractivity contribution < 1.29 is 9.53 Å². The summed E-state index contributed by atoms with van der Waals surface area (Å²) in [6.45, 7) is 3.71. The lowest BCUT2D eigenvalue weighted by Gasteiger charge is -2.30. The first-order chi connectivity index (χ1) is 14.2. The lowest BCUT2D eigenvalue weighted by molar-refractivity contribution is -0.148. The van der Waals surface area contributed by atoms with Crippen molar-refractivity contribution in [3.8, 4) is 5.69 Å². The first-order valence-electron chi connectivity index (χ1n) is 9.78. The number of carbonyl (C=O) groups is 1. The Morgan fingerprint density at radius 1 is 1.24 bits per heavy atom. The van der Waals surface area contributed by atoms with Crippen LogP contribution in [-0.2, 0) is 9.53 Å². The number of piperidine rings is 1. The van der Waals surface area contributed by atoms with E-state index < -0.39 is 0 Å². The van der Waals surface area contributed by atoms with Crippen LogP contribution in [0.1, 0.15) is 19.8 Å². The lowest BCUT2D eigenvalue weighted by atomic mass is 9.97. The van der Waals surface area contributed by atoms with Crippen LogP contribution in [0.25, 0.3) is 27.8 Å². The summed E-state index contributed by atoms with van der Waals surface area (Å²) in [5.41, 5.74) is 3.44. The molecule has 0 saturated carbocycles. The second-order valence-corrected chi connectivity index (χ2v) is 7.15. The number of nitrogens with one attached hydrogen (secondary N) is 1. The Hall–Kier alpha value is -3.49. The van der Waals surface area contributed by atoms with Gasteiger partial charge in [0.25, 0.3) is 0 Å². The Kier molecular flexibility index (Phi) is 4.34. The number of aromatic amines is 1. The number of ether oxygens (including phenoxy) is 1. The summed E-state index contributed by atoms with van der Waals surface area (Å²) in [5, 5.41) is 8.06. The lowest BCUT2D eigenvalue weighted by Crippen LogP contribution is -2.37. The van der Waals surface area contributed by atoms with Gasteiger partial charge in [0.1, 0.15) is 11.8 Å². The zero-order chi connectivity index (χ0) is 19.8. The number of esters is 1. The Morgan fingerprint density at radius 2 is 2.10 bits per heavy atom. The molecule has 0 radical (unpaired) electrons. The summed E-state index contributed by atoms with van der Waals surface area (Å²) >= 11 is 0. The highest BCUT2D eigenvalue weighted by molar-refractivity contribution is 5.81. The van der Waals surface area contributed by atoms with Gasteiger partial charge in [0.05, 0.1) is 30.4 Å². The van der Waals surface area contributed by atoms with Crippen molar-refractivity contribution in [2.24, 2.45) is 5.92 Å². The molecule has 0 bridgehead atoms. The molecule has 1 fully saturated rings. The van der Waals surface area contributed by atoms with Crippen molar-refractivity contribution in [3.05, 3.63) is 36.9 Å². The van der Waals surface area contributed by atoms with Crippen molar-refractivity contribution in [1.82, 2.24) is 29.7 Å². The molecular formula is C20H21N7O2. The third-order valence-electron chi connectivity index (χ3n) is 5.38. The third kappa shape index (κ3) is 3.18. The Morgan fingerprint density at radius 3 is 2.93 bits per heavy atom. The monoisotopic (exact) mass is 391 g/mol. The SMILES string of the molecule is CCOC(=O)C1CCN(c2ncc3ncn(-c4ccc5[nH]ncc5c4)c3n2)CC1. The third-order valence-corrected chi connectivity index (χ3v) is 5.38. The molecule has 1 aliphatic rings. The van der Waals surface area contributed by atoms with Gasteiger partial charge < -0.3 is 9.64 Å². The largest absolute Gasteiger partial charge is 0.466 e. The minimum Gasteiger partial charge on any atom is -0.466 e. The van der Waals surface area contributed by atoms with Crippen molar-refractivity contribution in [1.29, 1.82) is 0 Å². The number of aromatic nitrogens is 6. The fourth-order valence-corrected chi connectivity index (χ4v) is 3.80. The summed E-state index contributed by atoms with van der Waals surface area (Å²) < 4.78 is 7.11. The van der Waals surface area contributed by atoms with Crippen molar-refractivity contribution in [2.45, 2.75) is 19.8 Å². The summed E-state index contributed by atoms with van der Waals surface area (Å²) in [6.07, 6.45) is 6.80. The number of rotatable bonds is 4. The molecule has 9 heteroatoms. The van der Waals surface area contributed by atoms with Crippen LogP contribution in [0.4, 0.5) is 5.95 Å². The van der Waals surface area contributed by atoms with Gasteiger partial charge in [-0.25, -0.2) is 9.97 Å². The summed E-state index contributed by atoms with van der Waals surface area (Å²) in [5.74, 6) is 0.518. The van der Waals surface area contributed by atoms with E-state index in [0.29, 0.717) is 12.6 Å². The first kappa shape index (κ1) is 17.6. The molecule has 148 valence electrons. The molecule has 1 aromatic carbocycles. The minimum atomic E-state index is -0.101. The first-order valence-corrected chi connectivity index (χ1v) is 9.78. The quantitative estimate of drug-likeness (QED) is 0.533. The molecule has 1 aliphatic heterocycles. The molecule has 4 aromatic rings. The van der Waals surface area contributed by atoms with Crippen molar-refractivity contribution >= 4 is 34.0 Å². The molecule has 0 aliphatic carbocycles. The molecular weight excluding hydrogens is 370 g/mol. The van der Waals surface area contributed by atoms with E-state index in [2.05, 4.69) is 25.1 Å². The zero-order valence-corrected chi connectivity index (χ0v) is 16.1. The van der Waals surface area contributed by atoms with Crippen LogP contribution in [0.2, 0.25) is 0 Å². The highest BCUT2D eigenvalue weighted by atomic mass is 16.5. The van der Waals surface area contributed by atoms with E-state index >= 15 is 0 Å². The number of carbonyl (C=O) groups excluding carboxylic acids is 1. The summed E-state index contributed by atoms with van der Waals surface area (Å²) in [7, 11) is 0. The maximum Gasteiger partial charge on any atom is 0.309 e. The van der Waals surface area contributed by atoms with Crippen LogP contribution in [-0.4, -0.2) is 55.4 Å². The number of H-pyrrole nitrogens is 1. The van der Waals surface area contributed by atoms with Gasteiger partial charge in [-0.3, -0.25) is 14.5 Å². The summed E-state index contributed by atoms with van der Waals surface area (Å²) in [6, 6.07) is 6.05. The number of hydrogen-bond donors (Lipinski definition) is 1. The van der Waals surface area contributed by atoms with Gasteiger partial charge in [0, 0.05) is 24.2 Å². The topological polar surface area (TPSA) is 102 Å². The van der Waals surface area contributed by atoms with E-state index in [1.54, 1.807) is 18.7 Å². The van der Waals surface area contributed by atoms with Gasteiger partial charge in [-0.05, 0) is 38.0 Å². The van der Waals surface area contributed by atoms with E-state index in [4.69, 9.17) is 9.72 Å². The smallest absolute Gasteiger partial charge is 0.309 e. The second-order valence-electron chi connectivity index (χ2n) is 7.15. The number of anilines is 1. The van der Waals surface area contributed by atoms with Gasteiger partial charge in [-0.2, -0.15) is 10.1 Å². The van der Waals surface area contributed by atoms with Crippen LogP contribution in [0.15, 0.2) is 36.9 Å². The molecule has 0 atom stereocenters. The van der Waals surface area contributed by atoms with E-state index in [0.717, 1.165) is 53.7 Å². The van der Waals surface area contributed by atoms with Gasteiger partial charge in [0.15, 0.2) is 5.65 Å². The normalized spacial score (nSPS) is 15.3. The van der Waals surface area contributed by atoms with Gasteiger partial charge >= 0.3 is 5.97 Å². The molecule has 5 rings (SSSR count). The molecule has 9 nitrogen and oxygen atoms in total. The van der Waals surface area contributed by atoms with E-state index in [-0.39, 0.29) is 11.9 Å². The molecule has 3 aromatic heterocycles. The average Bonchev–Trinajstić information content (AvgIpc) is 3.39. The second kappa shape index (κ2) is 7.16. The maximum absolute atomic E-state index is 12.0. The van der Waals surface area contributed by atoms with Crippen LogP contribution < -0.4 is 4.90 Å². The number of nitrogens with zero attached hydrogens (tertiary/aromatic N) is 6. The standard InChI is InChI=1S/C20H21N7O2/c1-2-29-19(28)13-5-7-26(8-6-13)20-21-11-17-18(24-20)27(12-22-17)15-3-4-16-14(9-15)10-23-25-16/h3-4,9-13H,2,5-8H2,1H3,(H,23,25). The average molecular weight is 391 g/mol. The zero-order valence-electron chi connectivity index (χ0n) is 16.1. The maximum atomic E-state index is 12.0. The summed E-state index contributed by atoms with van der Waals surface area (Å²) in [4.78, 5) is 27.8. The predicted molar refractivity (Wildman–Crippen MR) is 108 cm³/mol. The van der Waals surface area contributed by atoms with Gasteiger partial charge in [-0.15, -0.1) is 0 Å². The van der Waals surface area contributed by atoms with Crippen LogP contribution >= 0.6 is 0 Å². The number of hydrogen-bond acceptors (Lipinski definition) is 7. The number of imidazole rings is 1. The molecule has 0 amide bonds. The van der Waals surface area contributed by atoms with Crippen molar-refractivity contribution in [3.63, 3.8) is 0 Å². The van der Waals surface area contributed by atoms with Crippen LogP contribution in [0, 0.1) is 5.92 Å². The molecule has 4 heterocycles. The number of fused-ring (bicyclic) bond motifs is 2. The molecule has 1 saturated heterocycles. The highest BCUT2D eigenvalue weighted by Gasteiger charge is 2.27. The van der Waals surface area contributed by atoms with Crippen molar-refractivity contribution in [2.75, 3.05) is 24.6 Å². The molecule has 29 heavy (non-hydrogen) atoms. The van der Waals surface area contributed by atoms with E-state index in [1.807, 2.05) is 29.7 Å². The molecule has 0 unspecified atom stereocenters. The Bertz CT molecular complexity index is 1170. The fourth-order valence-electron chi connectivity index (χ4n) is 3.80. The molecule has 0 spiro atoms. The number of benzene rings is 1. The van der Waals surface area contributed by atoms with Gasteiger partial charge in [0.2, 0.25) is 5.95 Å². The van der Waals surface area contributed by atoms with E-state index in [1.165, 1.54) is 0 Å². The Labute approximate surface area is 166 Å². The Balaban J connectivity index is 1.42. The molecule has 1 N–H and O–H groups in total. The minimum absolute atomic E-state index is 0.0397. The fraction of sp³-hybridized carbons (Fsp3) is 0.350. The highest BCUT2D eigenvalue weighted by Crippen LogP contribution is 2.25. The van der Waals surface area contributed by atoms with E-state index in [9.17, 15) is 4.79 Å². The van der Waals surface area contributed by atoms with Gasteiger partial charge in [-0.1, -0.05) is 0 Å².